The van der Waals surface area contributed by atoms with Crippen molar-refractivity contribution in [2.24, 2.45) is 34.5 Å². The molecule has 1 aliphatic heterocycles. The van der Waals surface area contributed by atoms with E-state index in [4.69, 9.17) is 0 Å². The van der Waals surface area contributed by atoms with Crippen LogP contribution in [0.2, 0.25) is 0 Å². The van der Waals surface area contributed by atoms with Crippen molar-refractivity contribution in [1.82, 2.24) is 4.90 Å². The van der Waals surface area contributed by atoms with Crippen LogP contribution in [0, 0.1) is 34.5 Å². The monoisotopic (exact) mass is 357 g/mol. The molecule has 5 fully saturated rings. The number of hydrogen-bond donors (Lipinski definition) is 0. The van der Waals surface area contributed by atoms with Gasteiger partial charge in [0.15, 0.2) is 0 Å². The van der Waals surface area contributed by atoms with Crippen LogP contribution in [0.3, 0.4) is 0 Å². The largest absolute Gasteiger partial charge is 0.302 e. The van der Waals surface area contributed by atoms with E-state index < -0.39 is 0 Å². The van der Waals surface area contributed by atoms with Crippen LogP contribution in [0.25, 0.3) is 0 Å². The van der Waals surface area contributed by atoms with Crippen molar-refractivity contribution in [1.29, 1.82) is 0 Å². The number of likely N-dealkylation sites (tertiary alicyclic amines) is 1. The highest BCUT2D eigenvalue weighted by Gasteiger charge is 2.61. The Bertz CT molecular complexity index is 552. The second-order valence-corrected chi connectivity index (χ2v) is 10.9. The summed E-state index contributed by atoms with van der Waals surface area (Å²) in [6.45, 7) is 6.26. The zero-order valence-electron chi connectivity index (χ0n) is 17.0. The molecule has 2 heteroatoms. The Labute approximate surface area is 160 Å². The Morgan fingerprint density at radius 3 is 2.58 bits per heavy atom. The number of nitrogens with zero attached hydrogens (tertiary/aromatic N) is 1. The quantitative estimate of drug-likeness (QED) is 0.654. The molecular weight excluding hydrogens is 318 g/mol. The van der Waals surface area contributed by atoms with Crippen molar-refractivity contribution in [3.8, 4) is 0 Å². The van der Waals surface area contributed by atoms with E-state index in [1.165, 1.54) is 90.1 Å². The lowest BCUT2D eigenvalue weighted by Crippen LogP contribution is -2.56. The third kappa shape index (κ3) is 2.57. The predicted octanol–water partition coefficient (Wildman–Crippen LogP) is 5.45. The van der Waals surface area contributed by atoms with Crippen LogP contribution in [0.4, 0.5) is 0 Å². The van der Waals surface area contributed by atoms with Crippen molar-refractivity contribution in [3.63, 3.8) is 0 Å². The maximum atomic E-state index is 13.2. The van der Waals surface area contributed by atoms with Crippen molar-refractivity contribution in [2.75, 3.05) is 19.6 Å². The lowest BCUT2D eigenvalue weighted by molar-refractivity contribution is -0.144. The van der Waals surface area contributed by atoms with Crippen LogP contribution in [-0.4, -0.2) is 30.3 Å². The molecule has 6 atom stereocenters. The average molecular weight is 358 g/mol. The molecule has 0 aromatic heterocycles. The van der Waals surface area contributed by atoms with E-state index in [0.717, 1.165) is 36.6 Å². The highest BCUT2D eigenvalue weighted by Crippen LogP contribution is 2.65. The number of carbonyl (C=O) groups excluding carboxylic acids is 1. The van der Waals surface area contributed by atoms with Gasteiger partial charge in [-0.3, -0.25) is 4.79 Å². The molecule has 0 radical (unpaired) electrons. The molecule has 5 aliphatic rings. The van der Waals surface area contributed by atoms with E-state index in [-0.39, 0.29) is 5.41 Å². The van der Waals surface area contributed by atoms with Gasteiger partial charge in [0.2, 0.25) is 0 Å². The van der Waals surface area contributed by atoms with Gasteiger partial charge in [-0.2, -0.15) is 0 Å². The number of fused-ring (bicyclic) bond motifs is 5. The van der Waals surface area contributed by atoms with Gasteiger partial charge >= 0.3 is 0 Å². The number of piperidine rings is 1. The second-order valence-electron chi connectivity index (χ2n) is 10.9. The molecular formula is C24H39NO. The summed E-state index contributed by atoms with van der Waals surface area (Å²) in [7, 11) is 0. The number of Topliss-reactive ketones (excluding diaryl/α,β-unsaturated/α-hetero) is 1. The summed E-state index contributed by atoms with van der Waals surface area (Å²) in [6, 6.07) is 0. The van der Waals surface area contributed by atoms with E-state index in [0.29, 0.717) is 11.2 Å². The fraction of sp³-hybridized carbons (Fsp3) is 0.958. The topological polar surface area (TPSA) is 20.3 Å². The molecule has 0 spiro atoms. The lowest BCUT2D eigenvalue weighted by atomic mass is 9.45. The third-order valence-electron chi connectivity index (χ3n) is 9.98. The molecule has 4 aliphatic carbocycles. The van der Waals surface area contributed by atoms with Gasteiger partial charge in [0.1, 0.15) is 5.78 Å². The van der Waals surface area contributed by atoms with Gasteiger partial charge in [-0.1, -0.05) is 26.2 Å². The van der Waals surface area contributed by atoms with Gasteiger partial charge in [-0.25, -0.2) is 0 Å². The molecule has 146 valence electrons. The highest BCUT2D eigenvalue weighted by atomic mass is 16.1. The van der Waals surface area contributed by atoms with Crippen molar-refractivity contribution < 1.29 is 4.79 Å². The zero-order valence-corrected chi connectivity index (χ0v) is 17.0. The van der Waals surface area contributed by atoms with Crippen LogP contribution in [0.1, 0.15) is 90.4 Å². The van der Waals surface area contributed by atoms with E-state index in [1.54, 1.807) is 0 Å². The molecule has 0 N–H and O–H groups in total. The summed E-state index contributed by atoms with van der Waals surface area (Å²) in [5.74, 6) is 4.15. The molecule has 1 saturated heterocycles. The Morgan fingerprint density at radius 2 is 1.73 bits per heavy atom. The van der Waals surface area contributed by atoms with Crippen LogP contribution in [0.5, 0.6) is 0 Å². The van der Waals surface area contributed by atoms with Gasteiger partial charge in [0, 0.05) is 18.4 Å². The Balaban J connectivity index is 1.41. The van der Waals surface area contributed by atoms with Gasteiger partial charge in [-0.15, -0.1) is 0 Å². The summed E-state index contributed by atoms with van der Waals surface area (Å²) < 4.78 is 0. The molecule has 0 unspecified atom stereocenters. The Morgan fingerprint density at radius 1 is 0.885 bits per heavy atom. The maximum absolute atomic E-state index is 13.2. The fourth-order valence-corrected chi connectivity index (χ4v) is 8.68. The molecule has 0 aromatic rings. The Hall–Kier alpha value is -0.370. The van der Waals surface area contributed by atoms with Crippen LogP contribution >= 0.6 is 0 Å². The number of hydrogen-bond acceptors (Lipinski definition) is 2. The fourth-order valence-electron chi connectivity index (χ4n) is 8.68. The average Bonchev–Trinajstić information content (AvgIpc) is 2.99. The summed E-state index contributed by atoms with van der Waals surface area (Å²) >= 11 is 0. The first kappa shape index (κ1) is 17.7. The first-order chi connectivity index (χ1) is 12.6. The van der Waals surface area contributed by atoms with Crippen LogP contribution < -0.4 is 0 Å². The molecule has 1 heterocycles. The third-order valence-corrected chi connectivity index (χ3v) is 9.98. The zero-order chi connectivity index (χ0) is 17.8. The number of ketones is 1. The van der Waals surface area contributed by atoms with Gasteiger partial charge in [0.05, 0.1) is 0 Å². The first-order valence-corrected chi connectivity index (χ1v) is 11.9. The smallest absolute Gasteiger partial charge is 0.140 e. The van der Waals surface area contributed by atoms with Crippen molar-refractivity contribution in [2.45, 2.75) is 90.4 Å². The highest BCUT2D eigenvalue weighted by molar-refractivity contribution is 5.87. The normalized spacial score (nSPS) is 49.3. The van der Waals surface area contributed by atoms with Gasteiger partial charge in [-0.05, 0) is 100.0 Å². The first-order valence-electron chi connectivity index (χ1n) is 11.9. The molecule has 0 bridgehead atoms. The minimum absolute atomic E-state index is 0.0520. The molecule has 0 amide bonds. The minimum Gasteiger partial charge on any atom is -0.302 e. The molecule has 5 rings (SSSR count). The maximum Gasteiger partial charge on any atom is 0.140 e. The van der Waals surface area contributed by atoms with Crippen molar-refractivity contribution >= 4 is 5.78 Å². The summed E-state index contributed by atoms with van der Waals surface area (Å²) in [5.41, 5.74) is 0.653. The van der Waals surface area contributed by atoms with E-state index >= 15 is 0 Å². The lowest BCUT2D eigenvalue weighted by Gasteiger charge is -2.60. The number of carbonyl (C=O) groups is 1. The van der Waals surface area contributed by atoms with E-state index in [2.05, 4.69) is 11.8 Å². The summed E-state index contributed by atoms with van der Waals surface area (Å²) in [5, 5.41) is 0. The molecule has 2 nitrogen and oxygen atoms in total. The van der Waals surface area contributed by atoms with Crippen LogP contribution in [-0.2, 0) is 4.79 Å². The predicted molar refractivity (Wildman–Crippen MR) is 106 cm³/mol. The van der Waals surface area contributed by atoms with Gasteiger partial charge < -0.3 is 4.90 Å². The van der Waals surface area contributed by atoms with E-state index in [1.807, 2.05) is 0 Å². The standard InChI is InChI=1S/C24H39NO/c1-23-13-4-3-7-18(23)8-9-19-20(23)12-14-24(21(19)10-11-22(24)26)17-25-15-5-2-6-16-25/h18-21H,2-17H2,1H3/t18-,19-,20+,21+,23+,24-/m1/s1. The molecule has 0 aromatic carbocycles. The molecule has 4 saturated carbocycles. The number of rotatable bonds is 2. The Kier molecular flexibility index (Phi) is 4.50. The second kappa shape index (κ2) is 6.61. The molecule has 26 heavy (non-hydrogen) atoms. The SMILES string of the molecule is C[C@]12CCCC[C@@H]1CC[C@H]1[C@@H]3CCC(=O)[C@@]3(CN3CCCCC3)CC[C@@H]12. The summed E-state index contributed by atoms with van der Waals surface area (Å²) in [6.07, 6.45) is 17.6. The van der Waals surface area contributed by atoms with E-state index in [9.17, 15) is 4.79 Å². The minimum atomic E-state index is 0.0520. The van der Waals surface area contributed by atoms with Gasteiger partial charge in [0.25, 0.3) is 0 Å². The van der Waals surface area contributed by atoms with Crippen molar-refractivity contribution in [3.05, 3.63) is 0 Å². The summed E-state index contributed by atoms with van der Waals surface area (Å²) in [4.78, 5) is 15.9. The van der Waals surface area contributed by atoms with Crippen LogP contribution in [0.15, 0.2) is 0 Å².